The highest BCUT2D eigenvalue weighted by molar-refractivity contribution is 9.10. The van der Waals surface area contributed by atoms with Crippen molar-refractivity contribution in [2.24, 2.45) is 5.10 Å². The standard InChI is InChI=1S/C27H23BrN4O7/c1-3-4-24-30-21-10-9-19(28)13-20(21)26(33)31(24)29-14-17-11-22(32(36)37)25(23(12-17)38-2)39-15-16-5-7-18(8-6-16)27(34)35/h5-14H,3-4,15H2,1-2H3,(H,34,35). The molecular weight excluding hydrogens is 572 g/mol. The molecule has 0 saturated heterocycles. The van der Waals surface area contributed by atoms with Crippen LogP contribution in [0.5, 0.6) is 11.5 Å². The van der Waals surface area contributed by atoms with Crippen LogP contribution < -0.4 is 15.0 Å². The Bertz CT molecular complexity index is 1650. The fourth-order valence-corrected chi connectivity index (χ4v) is 4.20. The molecule has 0 aliphatic carbocycles. The molecule has 4 aromatic rings. The average molecular weight is 595 g/mol. The number of ether oxygens (including phenoxy) is 2. The number of nitrogens with zero attached hydrogens (tertiary/aromatic N) is 4. The van der Waals surface area contributed by atoms with E-state index in [9.17, 15) is 19.7 Å². The molecule has 0 saturated carbocycles. The molecule has 4 rings (SSSR count). The lowest BCUT2D eigenvalue weighted by atomic mass is 10.1. The highest BCUT2D eigenvalue weighted by atomic mass is 79.9. The first-order valence-corrected chi connectivity index (χ1v) is 12.6. The number of carboxylic acid groups (broad SMARTS) is 1. The zero-order valence-electron chi connectivity index (χ0n) is 21.0. The molecule has 0 aliphatic rings. The minimum absolute atomic E-state index is 0.0569. The molecule has 200 valence electrons. The summed E-state index contributed by atoms with van der Waals surface area (Å²) in [7, 11) is 1.35. The summed E-state index contributed by atoms with van der Waals surface area (Å²) in [4.78, 5) is 40.2. The van der Waals surface area contributed by atoms with Gasteiger partial charge in [-0.15, -0.1) is 0 Å². The lowest BCUT2D eigenvalue weighted by molar-refractivity contribution is -0.386. The van der Waals surface area contributed by atoms with Gasteiger partial charge in [-0.1, -0.05) is 35.0 Å². The first-order valence-electron chi connectivity index (χ1n) is 11.8. The third-order valence-corrected chi connectivity index (χ3v) is 6.22. The highest BCUT2D eigenvalue weighted by Crippen LogP contribution is 2.38. The minimum Gasteiger partial charge on any atom is -0.493 e. The van der Waals surface area contributed by atoms with Gasteiger partial charge in [0.25, 0.3) is 5.56 Å². The van der Waals surface area contributed by atoms with Crippen molar-refractivity contribution in [3.05, 3.63) is 102 Å². The molecular formula is C27H23BrN4O7. The Morgan fingerprint density at radius 1 is 1.21 bits per heavy atom. The molecule has 11 nitrogen and oxygen atoms in total. The first-order chi connectivity index (χ1) is 18.7. The van der Waals surface area contributed by atoms with E-state index < -0.39 is 10.9 Å². The Labute approximate surface area is 230 Å². The second-order valence-corrected chi connectivity index (χ2v) is 9.34. The van der Waals surface area contributed by atoms with Crippen LogP contribution in [0.1, 0.15) is 40.7 Å². The summed E-state index contributed by atoms with van der Waals surface area (Å²) in [5.74, 6) is -0.602. The van der Waals surface area contributed by atoms with E-state index in [-0.39, 0.29) is 34.9 Å². The molecule has 1 aromatic heterocycles. The van der Waals surface area contributed by atoms with Crippen molar-refractivity contribution in [2.75, 3.05) is 7.11 Å². The van der Waals surface area contributed by atoms with Gasteiger partial charge in [-0.2, -0.15) is 9.78 Å². The van der Waals surface area contributed by atoms with E-state index in [1.165, 1.54) is 42.3 Å². The summed E-state index contributed by atoms with van der Waals surface area (Å²) < 4.78 is 13.0. The van der Waals surface area contributed by atoms with Gasteiger partial charge >= 0.3 is 11.7 Å². The summed E-state index contributed by atoms with van der Waals surface area (Å²) >= 11 is 3.37. The molecule has 0 radical (unpaired) electrons. The van der Waals surface area contributed by atoms with Gasteiger partial charge in [0.1, 0.15) is 12.4 Å². The number of aromatic carboxylic acids is 1. The molecule has 12 heteroatoms. The molecule has 0 amide bonds. The van der Waals surface area contributed by atoms with Crippen LogP contribution >= 0.6 is 15.9 Å². The normalized spacial score (nSPS) is 11.2. The van der Waals surface area contributed by atoms with Crippen LogP contribution in [0, 0.1) is 10.1 Å². The number of halogens is 1. The average Bonchev–Trinajstić information content (AvgIpc) is 2.92. The molecule has 0 spiro atoms. The largest absolute Gasteiger partial charge is 0.493 e. The Morgan fingerprint density at radius 3 is 2.59 bits per heavy atom. The molecule has 1 heterocycles. The van der Waals surface area contributed by atoms with Gasteiger partial charge in [-0.25, -0.2) is 9.78 Å². The van der Waals surface area contributed by atoms with Crippen LogP contribution in [-0.4, -0.2) is 39.0 Å². The SMILES string of the molecule is CCCc1nc2ccc(Br)cc2c(=O)n1N=Cc1cc(OC)c(OCc2ccc(C(=O)O)cc2)c([N+](=O)[O-])c1. The monoisotopic (exact) mass is 594 g/mol. The molecule has 3 aromatic carbocycles. The van der Waals surface area contributed by atoms with Crippen LogP contribution in [0.2, 0.25) is 0 Å². The lowest BCUT2D eigenvalue weighted by Gasteiger charge is -2.12. The number of rotatable bonds is 10. The third kappa shape index (κ3) is 6.12. The zero-order chi connectivity index (χ0) is 28.1. The number of carbonyl (C=O) groups is 1. The van der Waals surface area contributed by atoms with Gasteiger partial charge in [-0.05, 0) is 48.4 Å². The van der Waals surface area contributed by atoms with Crippen molar-refractivity contribution in [2.45, 2.75) is 26.4 Å². The number of aromatic nitrogens is 2. The minimum atomic E-state index is -1.06. The number of benzene rings is 3. The van der Waals surface area contributed by atoms with Gasteiger partial charge in [0.2, 0.25) is 5.75 Å². The number of aryl methyl sites for hydroxylation is 1. The molecule has 39 heavy (non-hydrogen) atoms. The zero-order valence-corrected chi connectivity index (χ0v) is 22.5. The van der Waals surface area contributed by atoms with Crippen LogP contribution in [0.25, 0.3) is 10.9 Å². The molecule has 0 atom stereocenters. The van der Waals surface area contributed by atoms with Crippen LogP contribution in [0.4, 0.5) is 5.69 Å². The fraction of sp³-hybridized carbons (Fsp3) is 0.185. The summed E-state index contributed by atoms with van der Waals surface area (Å²) in [6.45, 7) is 1.90. The lowest BCUT2D eigenvalue weighted by Crippen LogP contribution is -2.22. The van der Waals surface area contributed by atoms with Crippen molar-refractivity contribution in [1.29, 1.82) is 0 Å². The number of methoxy groups -OCH3 is 1. The smallest absolute Gasteiger partial charge is 0.335 e. The van der Waals surface area contributed by atoms with E-state index in [1.54, 1.807) is 30.3 Å². The van der Waals surface area contributed by atoms with E-state index >= 15 is 0 Å². The Kier molecular flexibility index (Phi) is 8.35. The molecule has 0 fully saturated rings. The van der Waals surface area contributed by atoms with E-state index in [2.05, 4.69) is 26.0 Å². The van der Waals surface area contributed by atoms with Crippen LogP contribution in [0.3, 0.4) is 0 Å². The summed E-state index contributed by atoms with van der Waals surface area (Å²) in [6, 6.07) is 14.0. The highest BCUT2D eigenvalue weighted by Gasteiger charge is 2.22. The number of fused-ring (bicyclic) bond motifs is 1. The number of carboxylic acids is 1. The van der Waals surface area contributed by atoms with Crippen LogP contribution in [0.15, 0.2) is 69.0 Å². The van der Waals surface area contributed by atoms with E-state index in [0.29, 0.717) is 34.3 Å². The van der Waals surface area contributed by atoms with Gasteiger partial charge < -0.3 is 14.6 Å². The predicted octanol–water partition coefficient (Wildman–Crippen LogP) is 5.19. The summed E-state index contributed by atoms with van der Waals surface area (Å²) in [6.07, 6.45) is 2.56. The predicted molar refractivity (Wildman–Crippen MR) is 148 cm³/mol. The maximum absolute atomic E-state index is 13.2. The van der Waals surface area contributed by atoms with Crippen molar-refractivity contribution in [3.63, 3.8) is 0 Å². The molecule has 0 unspecified atom stereocenters. The Morgan fingerprint density at radius 2 is 1.95 bits per heavy atom. The maximum atomic E-state index is 13.2. The third-order valence-electron chi connectivity index (χ3n) is 5.73. The van der Waals surface area contributed by atoms with Crippen molar-refractivity contribution >= 4 is 44.7 Å². The van der Waals surface area contributed by atoms with Crippen molar-refractivity contribution in [3.8, 4) is 11.5 Å². The maximum Gasteiger partial charge on any atom is 0.335 e. The number of nitro groups is 1. The van der Waals surface area contributed by atoms with E-state index in [1.807, 2.05) is 6.92 Å². The van der Waals surface area contributed by atoms with Gasteiger partial charge in [-0.3, -0.25) is 14.9 Å². The fourth-order valence-electron chi connectivity index (χ4n) is 3.84. The van der Waals surface area contributed by atoms with E-state index in [0.717, 1.165) is 10.9 Å². The van der Waals surface area contributed by atoms with Crippen molar-refractivity contribution in [1.82, 2.24) is 9.66 Å². The molecule has 1 N–H and O–H groups in total. The Balaban J connectivity index is 1.70. The first kappa shape index (κ1) is 27.5. The number of hydrogen-bond donors (Lipinski definition) is 1. The molecule has 0 aliphatic heterocycles. The van der Waals surface area contributed by atoms with Crippen LogP contribution in [-0.2, 0) is 13.0 Å². The second-order valence-electron chi connectivity index (χ2n) is 8.42. The van der Waals surface area contributed by atoms with Gasteiger partial charge in [0.05, 0.1) is 34.7 Å². The van der Waals surface area contributed by atoms with Gasteiger partial charge in [0, 0.05) is 22.5 Å². The quantitative estimate of drug-likeness (QED) is 0.150. The summed E-state index contributed by atoms with van der Waals surface area (Å²) in [5, 5.41) is 25.7. The topological polar surface area (TPSA) is 146 Å². The second kappa shape index (κ2) is 11.9. The molecule has 0 bridgehead atoms. The Hall–Kier alpha value is -4.58. The van der Waals surface area contributed by atoms with E-state index in [4.69, 9.17) is 14.6 Å². The van der Waals surface area contributed by atoms with Crippen molar-refractivity contribution < 1.29 is 24.3 Å². The van der Waals surface area contributed by atoms with Gasteiger partial charge in [0.15, 0.2) is 5.75 Å². The number of hydrogen-bond acceptors (Lipinski definition) is 8. The number of nitro benzene ring substituents is 1. The summed E-state index contributed by atoms with van der Waals surface area (Å²) in [5.41, 5.74) is 0.854.